The van der Waals surface area contributed by atoms with Gasteiger partial charge in [-0.05, 0) is 43.4 Å². The van der Waals surface area contributed by atoms with Gasteiger partial charge < -0.3 is 4.90 Å². The van der Waals surface area contributed by atoms with Crippen molar-refractivity contribution in [2.75, 3.05) is 0 Å². The summed E-state index contributed by atoms with van der Waals surface area (Å²) in [6.45, 7) is 2.87. The van der Waals surface area contributed by atoms with E-state index >= 15 is 0 Å². The lowest BCUT2D eigenvalue weighted by molar-refractivity contribution is 0.0654. The predicted octanol–water partition coefficient (Wildman–Crippen LogP) is 4.13. The molecule has 0 aliphatic heterocycles. The Morgan fingerprint density at radius 2 is 1.62 bits per heavy atom. The van der Waals surface area contributed by atoms with Crippen LogP contribution >= 0.6 is 0 Å². The Labute approximate surface area is 126 Å². The van der Waals surface area contributed by atoms with E-state index < -0.39 is 0 Å². The van der Waals surface area contributed by atoms with Crippen molar-refractivity contribution in [1.82, 2.24) is 4.90 Å². The highest BCUT2D eigenvalue weighted by molar-refractivity contribution is 5.94. The molecule has 0 saturated heterocycles. The molecule has 2 aromatic carbocycles. The van der Waals surface area contributed by atoms with Crippen molar-refractivity contribution in [3.63, 3.8) is 0 Å². The van der Waals surface area contributed by atoms with Crippen molar-refractivity contribution in [3.8, 4) is 0 Å². The van der Waals surface area contributed by atoms with E-state index in [4.69, 9.17) is 0 Å². The molecule has 2 nitrogen and oxygen atoms in total. The molecule has 21 heavy (non-hydrogen) atoms. The van der Waals surface area contributed by atoms with Crippen molar-refractivity contribution in [2.24, 2.45) is 5.92 Å². The summed E-state index contributed by atoms with van der Waals surface area (Å²) in [5, 5.41) is 0. The molecule has 1 unspecified atom stereocenters. The van der Waals surface area contributed by atoms with Gasteiger partial charge in [0.1, 0.15) is 0 Å². The molecule has 2 aromatic rings. The Bertz CT molecular complexity index is 589. The highest BCUT2D eigenvalue weighted by Gasteiger charge is 2.34. The van der Waals surface area contributed by atoms with Crippen molar-refractivity contribution >= 4 is 5.91 Å². The summed E-state index contributed by atoms with van der Waals surface area (Å²) in [5.41, 5.74) is 1.97. The lowest BCUT2D eigenvalue weighted by atomic mass is 10.1. The lowest BCUT2D eigenvalue weighted by Gasteiger charge is -2.29. The van der Waals surface area contributed by atoms with Crippen LogP contribution < -0.4 is 0 Å². The number of hydrogen-bond acceptors (Lipinski definition) is 1. The Balaban J connectivity index is 1.83. The van der Waals surface area contributed by atoms with Crippen LogP contribution in [0.5, 0.6) is 0 Å². The fourth-order valence-electron chi connectivity index (χ4n) is 2.76. The summed E-state index contributed by atoms with van der Waals surface area (Å²) < 4.78 is 0. The zero-order valence-corrected chi connectivity index (χ0v) is 12.4. The molecular formula is C19H21NO. The van der Waals surface area contributed by atoms with Gasteiger partial charge in [0, 0.05) is 18.2 Å². The summed E-state index contributed by atoms with van der Waals surface area (Å²) in [6.07, 6.45) is 2.49. The molecule has 0 aromatic heterocycles. The summed E-state index contributed by atoms with van der Waals surface area (Å²) in [5.74, 6) is 0.806. The molecule has 1 atom stereocenters. The first-order valence-electron chi connectivity index (χ1n) is 7.65. The summed E-state index contributed by atoms with van der Waals surface area (Å²) >= 11 is 0. The van der Waals surface area contributed by atoms with Crippen molar-refractivity contribution < 1.29 is 4.79 Å². The number of amides is 1. The standard InChI is InChI=1S/C19H21NO/c1-15(17-12-13-17)20(14-16-8-4-2-5-9-16)19(21)18-10-6-3-7-11-18/h2-11,15,17H,12-14H2,1H3. The molecule has 108 valence electrons. The normalized spacial score (nSPS) is 15.5. The fraction of sp³-hybridized carbons (Fsp3) is 0.316. The van der Waals surface area contributed by atoms with Gasteiger partial charge in [-0.3, -0.25) is 4.79 Å². The van der Waals surface area contributed by atoms with Crippen LogP contribution in [0, 0.1) is 5.92 Å². The maximum Gasteiger partial charge on any atom is 0.254 e. The Hall–Kier alpha value is -2.09. The minimum absolute atomic E-state index is 0.138. The smallest absolute Gasteiger partial charge is 0.254 e. The minimum Gasteiger partial charge on any atom is -0.331 e. The van der Waals surface area contributed by atoms with Crippen LogP contribution in [0.25, 0.3) is 0 Å². The van der Waals surface area contributed by atoms with E-state index in [0.29, 0.717) is 18.5 Å². The Kier molecular flexibility index (Phi) is 4.05. The second kappa shape index (κ2) is 6.13. The fourth-order valence-corrected chi connectivity index (χ4v) is 2.76. The average Bonchev–Trinajstić information content (AvgIpc) is 3.38. The third-order valence-electron chi connectivity index (χ3n) is 4.27. The molecule has 0 N–H and O–H groups in total. The third-order valence-corrected chi connectivity index (χ3v) is 4.27. The van der Waals surface area contributed by atoms with E-state index in [0.717, 1.165) is 5.56 Å². The molecule has 1 aliphatic carbocycles. The van der Waals surface area contributed by atoms with Crippen molar-refractivity contribution in [1.29, 1.82) is 0 Å². The van der Waals surface area contributed by atoms with Gasteiger partial charge in [-0.1, -0.05) is 48.5 Å². The minimum atomic E-state index is 0.138. The predicted molar refractivity (Wildman–Crippen MR) is 84.9 cm³/mol. The molecule has 1 saturated carbocycles. The van der Waals surface area contributed by atoms with Gasteiger partial charge in [0.05, 0.1) is 0 Å². The van der Waals surface area contributed by atoms with Gasteiger partial charge in [0.25, 0.3) is 5.91 Å². The van der Waals surface area contributed by atoms with Crippen molar-refractivity contribution in [2.45, 2.75) is 32.4 Å². The molecular weight excluding hydrogens is 258 g/mol. The van der Waals surface area contributed by atoms with E-state index in [1.807, 2.05) is 53.4 Å². The van der Waals surface area contributed by atoms with E-state index in [2.05, 4.69) is 19.1 Å². The summed E-state index contributed by atoms with van der Waals surface area (Å²) in [6, 6.07) is 20.2. The Morgan fingerprint density at radius 1 is 1.05 bits per heavy atom. The van der Waals surface area contributed by atoms with Gasteiger partial charge in [0.2, 0.25) is 0 Å². The molecule has 0 radical (unpaired) electrons. The first-order valence-corrected chi connectivity index (χ1v) is 7.65. The molecule has 1 aliphatic rings. The van der Waals surface area contributed by atoms with Crippen LogP contribution in [-0.2, 0) is 6.54 Å². The van der Waals surface area contributed by atoms with E-state index in [1.54, 1.807) is 0 Å². The van der Waals surface area contributed by atoms with Gasteiger partial charge in [0.15, 0.2) is 0 Å². The SMILES string of the molecule is CC(C1CC1)N(Cc1ccccc1)C(=O)c1ccccc1. The van der Waals surface area contributed by atoms with Gasteiger partial charge in [-0.15, -0.1) is 0 Å². The molecule has 3 rings (SSSR count). The van der Waals surface area contributed by atoms with Crippen LogP contribution in [0.15, 0.2) is 60.7 Å². The Morgan fingerprint density at radius 3 is 2.19 bits per heavy atom. The largest absolute Gasteiger partial charge is 0.331 e. The lowest BCUT2D eigenvalue weighted by Crippen LogP contribution is -2.39. The third kappa shape index (κ3) is 3.33. The van der Waals surface area contributed by atoms with Crippen molar-refractivity contribution in [3.05, 3.63) is 71.8 Å². The molecule has 2 heteroatoms. The van der Waals surface area contributed by atoms with Gasteiger partial charge in [-0.2, -0.15) is 0 Å². The first kappa shape index (κ1) is 13.9. The number of hydrogen-bond donors (Lipinski definition) is 0. The maximum atomic E-state index is 12.8. The van der Waals surface area contributed by atoms with Crippen LogP contribution in [-0.4, -0.2) is 16.8 Å². The average molecular weight is 279 g/mol. The topological polar surface area (TPSA) is 20.3 Å². The maximum absolute atomic E-state index is 12.8. The van der Waals surface area contributed by atoms with Gasteiger partial charge in [-0.25, -0.2) is 0 Å². The molecule has 1 amide bonds. The number of benzene rings is 2. The first-order chi connectivity index (χ1) is 10.3. The number of carbonyl (C=O) groups excluding carboxylic acids is 1. The summed E-state index contributed by atoms with van der Waals surface area (Å²) in [4.78, 5) is 14.9. The van der Waals surface area contributed by atoms with Crippen LogP contribution in [0.3, 0.4) is 0 Å². The number of rotatable bonds is 5. The molecule has 0 bridgehead atoms. The highest BCUT2D eigenvalue weighted by Crippen LogP contribution is 2.36. The number of carbonyl (C=O) groups is 1. The van der Waals surface area contributed by atoms with Crippen LogP contribution in [0.4, 0.5) is 0 Å². The van der Waals surface area contributed by atoms with Gasteiger partial charge >= 0.3 is 0 Å². The zero-order valence-electron chi connectivity index (χ0n) is 12.4. The second-order valence-corrected chi connectivity index (χ2v) is 5.86. The van der Waals surface area contributed by atoms with Crippen LogP contribution in [0.1, 0.15) is 35.7 Å². The van der Waals surface area contributed by atoms with E-state index in [9.17, 15) is 4.79 Å². The molecule has 0 spiro atoms. The molecule has 1 fully saturated rings. The quantitative estimate of drug-likeness (QED) is 0.806. The highest BCUT2D eigenvalue weighted by atomic mass is 16.2. The molecule has 0 heterocycles. The van der Waals surface area contributed by atoms with E-state index in [1.165, 1.54) is 18.4 Å². The second-order valence-electron chi connectivity index (χ2n) is 5.86. The van der Waals surface area contributed by atoms with Crippen LogP contribution in [0.2, 0.25) is 0 Å². The number of nitrogens with zero attached hydrogens (tertiary/aromatic N) is 1. The summed E-state index contributed by atoms with van der Waals surface area (Å²) in [7, 11) is 0. The zero-order chi connectivity index (χ0) is 14.7. The van der Waals surface area contributed by atoms with E-state index in [-0.39, 0.29) is 5.91 Å². The monoisotopic (exact) mass is 279 g/mol.